The normalized spacial score (nSPS) is 15.1. The molecule has 0 radical (unpaired) electrons. The number of amides is 1. The van der Waals surface area contributed by atoms with Gasteiger partial charge in [0.25, 0.3) is 5.69 Å². The molecule has 0 saturated carbocycles. The van der Waals surface area contributed by atoms with Gasteiger partial charge in [0, 0.05) is 30.7 Å². The zero-order chi connectivity index (χ0) is 30.2. The predicted molar refractivity (Wildman–Crippen MR) is 153 cm³/mol. The fourth-order valence-corrected chi connectivity index (χ4v) is 4.54. The predicted octanol–water partition coefficient (Wildman–Crippen LogP) is 6.73. The van der Waals surface area contributed by atoms with Gasteiger partial charge in [-0.05, 0) is 62.9 Å². The first kappa shape index (κ1) is 31.2. The van der Waals surface area contributed by atoms with Gasteiger partial charge in [0.15, 0.2) is 0 Å². The summed E-state index contributed by atoms with van der Waals surface area (Å²) in [6.45, 7) is 5.30. The average Bonchev–Trinajstić information content (AvgIpc) is 3.33. The molecule has 0 aliphatic heterocycles. The molecule has 1 aliphatic rings. The Labute approximate surface area is 242 Å². The van der Waals surface area contributed by atoms with Gasteiger partial charge in [-0.3, -0.25) is 10.1 Å². The standard InChI is InChI=1S/C29H31ClFN5O5/c1-29(2,3)41-28(37)35(14-15-40-26-16-22(36(38)39)9-6-20(26)17-32)13-12-25(33)24-11-10-23(27(24)34-18-30)19-4-7-21(31)8-5-19/h4-9,16,18,23,33H,10-15H2,1-3H3. The molecule has 12 heteroatoms. The van der Waals surface area contributed by atoms with E-state index in [2.05, 4.69) is 4.99 Å². The molecule has 10 nitrogen and oxygen atoms in total. The maximum Gasteiger partial charge on any atom is 0.410 e. The molecule has 2 aromatic rings. The number of ether oxygens (including phenoxy) is 2. The minimum absolute atomic E-state index is 0.0325. The largest absolute Gasteiger partial charge is 0.490 e. The number of carbonyl (C=O) groups is 1. The van der Waals surface area contributed by atoms with E-state index in [-0.39, 0.29) is 60.6 Å². The van der Waals surface area contributed by atoms with E-state index in [1.807, 2.05) is 6.07 Å². The third kappa shape index (κ3) is 8.59. The Morgan fingerprint density at radius 3 is 2.61 bits per heavy atom. The molecule has 0 bridgehead atoms. The van der Waals surface area contributed by atoms with E-state index < -0.39 is 16.6 Å². The highest BCUT2D eigenvalue weighted by atomic mass is 35.5. The van der Waals surface area contributed by atoms with E-state index in [0.717, 1.165) is 17.3 Å². The molecule has 41 heavy (non-hydrogen) atoms. The van der Waals surface area contributed by atoms with Crippen molar-refractivity contribution in [3.05, 3.63) is 80.8 Å². The number of nitrogens with zero attached hydrogens (tertiary/aromatic N) is 4. The number of rotatable bonds is 11. The van der Waals surface area contributed by atoms with Crippen molar-refractivity contribution in [1.82, 2.24) is 4.90 Å². The van der Waals surface area contributed by atoms with Gasteiger partial charge >= 0.3 is 6.09 Å². The van der Waals surface area contributed by atoms with Crippen molar-refractivity contribution >= 4 is 34.8 Å². The fraction of sp³-hybridized carbons (Fsp3) is 0.379. The van der Waals surface area contributed by atoms with E-state index in [1.54, 1.807) is 32.9 Å². The average molecular weight is 584 g/mol. The zero-order valence-corrected chi connectivity index (χ0v) is 23.8. The minimum Gasteiger partial charge on any atom is -0.490 e. The Kier molecular flexibility index (Phi) is 10.6. The van der Waals surface area contributed by atoms with Crippen LogP contribution in [0.1, 0.15) is 57.1 Å². The lowest BCUT2D eigenvalue weighted by Crippen LogP contribution is -2.40. The molecule has 1 unspecified atom stereocenters. The number of hydrogen-bond acceptors (Lipinski definition) is 8. The lowest BCUT2D eigenvalue weighted by molar-refractivity contribution is -0.384. The zero-order valence-electron chi connectivity index (χ0n) is 23.0. The number of non-ortho nitro benzene ring substituents is 1. The SMILES string of the molecule is CC(C)(C)OC(=O)N(CCOc1cc([N+](=O)[O-])ccc1C#N)CCC(=N)C1=C(N=CCl)C(c2ccc(F)cc2)CC1. The van der Waals surface area contributed by atoms with Gasteiger partial charge in [0.1, 0.15) is 29.8 Å². The lowest BCUT2D eigenvalue weighted by Gasteiger charge is -2.27. The summed E-state index contributed by atoms with van der Waals surface area (Å²) in [6, 6.07) is 11.8. The number of nitro groups is 1. The molecule has 1 atom stereocenters. The smallest absolute Gasteiger partial charge is 0.410 e. The van der Waals surface area contributed by atoms with Crippen LogP contribution in [-0.4, -0.2) is 52.6 Å². The Bertz CT molecular complexity index is 1400. The van der Waals surface area contributed by atoms with Crippen LogP contribution in [0.2, 0.25) is 0 Å². The molecule has 216 valence electrons. The van der Waals surface area contributed by atoms with Crippen LogP contribution >= 0.6 is 11.6 Å². The fourth-order valence-electron chi connectivity index (χ4n) is 4.43. The molecule has 1 aliphatic carbocycles. The summed E-state index contributed by atoms with van der Waals surface area (Å²) < 4.78 is 24.6. The van der Waals surface area contributed by atoms with Crippen molar-refractivity contribution < 1.29 is 23.6 Å². The number of nitriles is 1. The van der Waals surface area contributed by atoms with Crippen LogP contribution in [-0.2, 0) is 4.74 Å². The van der Waals surface area contributed by atoms with Crippen LogP contribution in [0.3, 0.4) is 0 Å². The van der Waals surface area contributed by atoms with Crippen LogP contribution in [0.4, 0.5) is 14.9 Å². The Balaban J connectivity index is 1.75. The Morgan fingerprint density at radius 2 is 2.00 bits per heavy atom. The Morgan fingerprint density at radius 1 is 1.29 bits per heavy atom. The van der Waals surface area contributed by atoms with Crippen LogP contribution in [0, 0.1) is 32.7 Å². The maximum absolute atomic E-state index is 13.5. The summed E-state index contributed by atoms with van der Waals surface area (Å²) >= 11 is 5.82. The summed E-state index contributed by atoms with van der Waals surface area (Å²) in [5.41, 5.74) is 2.79. The third-order valence-corrected chi connectivity index (χ3v) is 6.44. The van der Waals surface area contributed by atoms with Crippen molar-refractivity contribution in [1.29, 1.82) is 10.7 Å². The van der Waals surface area contributed by atoms with E-state index in [0.29, 0.717) is 24.1 Å². The molecule has 1 N–H and O–H groups in total. The second-order valence-corrected chi connectivity index (χ2v) is 10.5. The summed E-state index contributed by atoms with van der Waals surface area (Å²) in [6.07, 6.45) is 0.828. The van der Waals surface area contributed by atoms with E-state index in [1.165, 1.54) is 29.2 Å². The van der Waals surface area contributed by atoms with Crippen LogP contribution < -0.4 is 4.74 Å². The van der Waals surface area contributed by atoms with E-state index in [4.69, 9.17) is 26.5 Å². The Hall–Kier alpha value is -4.30. The first-order valence-corrected chi connectivity index (χ1v) is 13.4. The van der Waals surface area contributed by atoms with Gasteiger partial charge in [0.2, 0.25) is 0 Å². The number of allylic oxidation sites excluding steroid dienone is 2. The molecular weight excluding hydrogens is 553 g/mol. The van der Waals surface area contributed by atoms with Crippen LogP contribution in [0.15, 0.2) is 58.7 Å². The number of carbonyl (C=O) groups excluding carboxylic acids is 1. The monoisotopic (exact) mass is 583 g/mol. The highest BCUT2D eigenvalue weighted by Gasteiger charge is 2.30. The van der Waals surface area contributed by atoms with Crippen LogP contribution in [0.25, 0.3) is 0 Å². The third-order valence-electron chi connectivity index (χ3n) is 6.35. The number of halogens is 2. The van der Waals surface area contributed by atoms with Crippen molar-refractivity contribution in [3.8, 4) is 11.8 Å². The summed E-state index contributed by atoms with van der Waals surface area (Å²) in [4.78, 5) is 29.2. The molecule has 3 rings (SSSR count). The van der Waals surface area contributed by atoms with Gasteiger partial charge in [-0.25, -0.2) is 14.2 Å². The molecule has 0 fully saturated rings. The van der Waals surface area contributed by atoms with Gasteiger partial charge < -0.3 is 19.8 Å². The summed E-state index contributed by atoms with van der Waals surface area (Å²) in [7, 11) is 0. The maximum atomic E-state index is 13.5. The number of hydrogen-bond donors (Lipinski definition) is 1. The van der Waals surface area contributed by atoms with Crippen LogP contribution in [0.5, 0.6) is 5.75 Å². The van der Waals surface area contributed by atoms with Gasteiger partial charge in [-0.15, -0.1) is 0 Å². The highest BCUT2D eigenvalue weighted by Crippen LogP contribution is 2.41. The van der Waals surface area contributed by atoms with Gasteiger partial charge in [0.05, 0.1) is 34.5 Å². The molecule has 1 amide bonds. The first-order valence-electron chi connectivity index (χ1n) is 12.9. The second kappa shape index (κ2) is 13.9. The molecule has 0 saturated heterocycles. The molecular formula is C29H31ClFN5O5. The van der Waals surface area contributed by atoms with Crippen molar-refractivity contribution in [2.45, 2.75) is 51.6 Å². The van der Waals surface area contributed by atoms with Crippen molar-refractivity contribution in [2.75, 3.05) is 19.7 Å². The second-order valence-electron chi connectivity index (χ2n) is 10.3. The number of benzene rings is 2. The molecule has 0 spiro atoms. The molecule has 0 heterocycles. The van der Waals surface area contributed by atoms with Gasteiger partial charge in [-0.2, -0.15) is 5.26 Å². The quantitative estimate of drug-likeness (QED) is 0.176. The summed E-state index contributed by atoms with van der Waals surface area (Å²) in [5, 5.41) is 29.3. The molecule has 0 aromatic heterocycles. The van der Waals surface area contributed by atoms with E-state index in [9.17, 15) is 24.6 Å². The number of nitrogens with one attached hydrogen (secondary N) is 1. The first-order chi connectivity index (χ1) is 19.4. The van der Waals surface area contributed by atoms with Crippen molar-refractivity contribution in [3.63, 3.8) is 0 Å². The number of aliphatic imine (C=N–C) groups is 1. The highest BCUT2D eigenvalue weighted by molar-refractivity contribution is 6.56. The van der Waals surface area contributed by atoms with E-state index >= 15 is 0 Å². The van der Waals surface area contributed by atoms with Gasteiger partial charge in [-0.1, -0.05) is 23.7 Å². The minimum atomic E-state index is -0.768. The molecule has 2 aromatic carbocycles. The summed E-state index contributed by atoms with van der Waals surface area (Å²) in [5.74, 6) is -0.447. The van der Waals surface area contributed by atoms with Crippen molar-refractivity contribution in [2.24, 2.45) is 4.99 Å². The lowest BCUT2D eigenvalue weighted by atomic mass is 9.96. The topological polar surface area (TPSA) is 142 Å². The number of nitro benzene ring substituents is 1.